The predicted molar refractivity (Wildman–Crippen MR) is 52.9 cm³/mol. The third-order valence-corrected chi connectivity index (χ3v) is 2.17. The summed E-state index contributed by atoms with van der Waals surface area (Å²) in [5.41, 5.74) is 3.03. The Morgan fingerprint density at radius 2 is 2.00 bits per heavy atom. The summed E-state index contributed by atoms with van der Waals surface area (Å²) in [6, 6.07) is 5.53. The van der Waals surface area contributed by atoms with Crippen molar-refractivity contribution in [1.29, 1.82) is 0 Å². The molecule has 0 spiro atoms. The Kier molecular flexibility index (Phi) is 1.69. The summed E-state index contributed by atoms with van der Waals surface area (Å²) >= 11 is 0. The largest absolute Gasteiger partial charge is 0.507 e. The van der Waals surface area contributed by atoms with E-state index in [1.807, 2.05) is 32.2 Å². The van der Waals surface area contributed by atoms with Gasteiger partial charge in [0.2, 0.25) is 0 Å². The van der Waals surface area contributed by atoms with Crippen molar-refractivity contribution in [1.82, 2.24) is 4.98 Å². The number of benzene rings is 1. The van der Waals surface area contributed by atoms with E-state index in [-0.39, 0.29) is 0 Å². The van der Waals surface area contributed by atoms with E-state index >= 15 is 0 Å². The molecule has 0 saturated heterocycles. The third-order valence-electron chi connectivity index (χ3n) is 2.17. The maximum Gasteiger partial charge on any atom is 0.125 e. The highest BCUT2D eigenvalue weighted by Crippen LogP contribution is 2.25. The Morgan fingerprint density at radius 3 is 2.77 bits per heavy atom. The lowest BCUT2D eigenvalue weighted by atomic mass is 10.1. The molecule has 0 aliphatic rings. The van der Waals surface area contributed by atoms with Gasteiger partial charge in [0.25, 0.3) is 0 Å². The standard InChI is InChI=1S/C11H11NO/c1-7-5-9-10(13)4-3-8(2)11(9)12-6-7/h3-6,13H,1-2H3. The van der Waals surface area contributed by atoms with Gasteiger partial charge >= 0.3 is 0 Å². The van der Waals surface area contributed by atoms with Gasteiger partial charge in [0.15, 0.2) is 0 Å². The number of pyridine rings is 1. The van der Waals surface area contributed by atoms with E-state index in [2.05, 4.69) is 4.98 Å². The molecular weight excluding hydrogens is 162 g/mol. The van der Waals surface area contributed by atoms with Crippen LogP contribution in [-0.2, 0) is 0 Å². The average molecular weight is 173 g/mol. The number of hydrogen-bond donors (Lipinski definition) is 1. The molecule has 66 valence electrons. The fraction of sp³-hybridized carbons (Fsp3) is 0.182. The van der Waals surface area contributed by atoms with E-state index in [1.54, 1.807) is 6.07 Å². The van der Waals surface area contributed by atoms with Crippen LogP contribution in [0.2, 0.25) is 0 Å². The second-order valence-corrected chi connectivity index (χ2v) is 3.31. The number of aromatic hydroxyl groups is 1. The van der Waals surface area contributed by atoms with Crippen LogP contribution in [0.5, 0.6) is 5.75 Å². The molecule has 1 aromatic heterocycles. The smallest absolute Gasteiger partial charge is 0.125 e. The molecule has 0 unspecified atom stereocenters. The highest BCUT2D eigenvalue weighted by Gasteiger charge is 2.02. The maximum atomic E-state index is 9.58. The molecule has 2 nitrogen and oxygen atoms in total. The lowest BCUT2D eigenvalue weighted by Crippen LogP contribution is -1.85. The molecule has 0 aliphatic carbocycles. The van der Waals surface area contributed by atoms with Gasteiger partial charge in [0, 0.05) is 11.6 Å². The molecule has 2 rings (SSSR count). The van der Waals surface area contributed by atoms with E-state index in [4.69, 9.17) is 0 Å². The van der Waals surface area contributed by atoms with Crippen LogP contribution >= 0.6 is 0 Å². The van der Waals surface area contributed by atoms with Crippen LogP contribution in [0.4, 0.5) is 0 Å². The molecule has 2 aromatic rings. The SMILES string of the molecule is Cc1cnc2c(C)ccc(O)c2c1. The molecule has 0 saturated carbocycles. The second kappa shape index (κ2) is 2.73. The quantitative estimate of drug-likeness (QED) is 0.664. The van der Waals surface area contributed by atoms with Gasteiger partial charge in [-0.2, -0.15) is 0 Å². The number of fused-ring (bicyclic) bond motifs is 1. The van der Waals surface area contributed by atoms with E-state index < -0.39 is 0 Å². The highest BCUT2D eigenvalue weighted by atomic mass is 16.3. The van der Waals surface area contributed by atoms with Gasteiger partial charge in [0.1, 0.15) is 5.75 Å². The predicted octanol–water partition coefficient (Wildman–Crippen LogP) is 2.56. The first kappa shape index (κ1) is 8.05. The Balaban J connectivity index is 2.92. The van der Waals surface area contributed by atoms with Crippen LogP contribution in [0.25, 0.3) is 10.9 Å². The maximum absolute atomic E-state index is 9.58. The summed E-state index contributed by atoms with van der Waals surface area (Å²) in [6.07, 6.45) is 1.81. The van der Waals surface area contributed by atoms with Crippen LogP contribution in [0.1, 0.15) is 11.1 Å². The molecule has 1 N–H and O–H groups in total. The first-order chi connectivity index (χ1) is 6.18. The Morgan fingerprint density at radius 1 is 1.23 bits per heavy atom. The highest BCUT2D eigenvalue weighted by molar-refractivity contribution is 5.87. The molecule has 13 heavy (non-hydrogen) atoms. The van der Waals surface area contributed by atoms with Crippen molar-refractivity contribution in [3.63, 3.8) is 0 Å². The Bertz CT molecular complexity index is 463. The van der Waals surface area contributed by atoms with Crippen LogP contribution in [0.3, 0.4) is 0 Å². The molecule has 0 aliphatic heterocycles. The number of rotatable bonds is 0. The van der Waals surface area contributed by atoms with Crippen molar-refractivity contribution in [2.75, 3.05) is 0 Å². The van der Waals surface area contributed by atoms with E-state index in [1.165, 1.54) is 0 Å². The van der Waals surface area contributed by atoms with Crippen molar-refractivity contribution >= 4 is 10.9 Å². The fourth-order valence-electron chi connectivity index (χ4n) is 1.45. The Hall–Kier alpha value is -1.57. The lowest BCUT2D eigenvalue weighted by Gasteiger charge is -2.03. The number of aryl methyl sites for hydroxylation is 2. The molecule has 0 fully saturated rings. The topological polar surface area (TPSA) is 33.1 Å². The van der Waals surface area contributed by atoms with Gasteiger partial charge in [0.05, 0.1) is 5.52 Å². The summed E-state index contributed by atoms with van der Waals surface area (Å²) in [5, 5.41) is 10.4. The van der Waals surface area contributed by atoms with Crippen LogP contribution in [0, 0.1) is 13.8 Å². The van der Waals surface area contributed by atoms with Gasteiger partial charge in [-0.15, -0.1) is 0 Å². The van der Waals surface area contributed by atoms with Gasteiger partial charge in [-0.3, -0.25) is 4.98 Å². The second-order valence-electron chi connectivity index (χ2n) is 3.31. The van der Waals surface area contributed by atoms with Crippen molar-refractivity contribution in [2.24, 2.45) is 0 Å². The zero-order chi connectivity index (χ0) is 9.42. The number of hydrogen-bond acceptors (Lipinski definition) is 2. The molecule has 0 radical (unpaired) electrons. The van der Waals surface area contributed by atoms with Gasteiger partial charge in [-0.05, 0) is 37.1 Å². The molecular formula is C11H11NO. The summed E-state index contributed by atoms with van der Waals surface area (Å²) in [4.78, 5) is 4.28. The van der Waals surface area contributed by atoms with E-state index in [0.29, 0.717) is 5.75 Å². The molecule has 1 aromatic carbocycles. The summed E-state index contributed by atoms with van der Waals surface area (Å²) < 4.78 is 0. The third kappa shape index (κ3) is 1.24. The zero-order valence-electron chi connectivity index (χ0n) is 7.70. The van der Waals surface area contributed by atoms with Crippen molar-refractivity contribution in [3.8, 4) is 5.75 Å². The van der Waals surface area contributed by atoms with Crippen LogP contribution in [0.15, 0.2) is 24.4 Å². The minimum Gasteiger partial charge on any atom is -0.507 e. The van der Waals surface area contributed by atoms with Crippen LogP contribution < -0.4 is 0 Å². The van der Waals surface area contributed by atoms with Gasteiger partial charge < -0.3 is 5.11 Å². The minimum atomic E-state index is 0.303. The van der Waals surface area contributed by atoms with E-state index in [9.17, 15) is 5.11 Å². The monoisotopic (exact) mass is 173 g/mol. The molecule has 0 atom stereocenters. The number of phenolic OH excluding ortho intramolecular Hbond substituents is 1. The van der Waals surface area contributed by atoms with Gasteiger partial charge in [-0.25, -0.2) is 0 Å². The van der Waals surface area contributed by atoms with Crippen LogP contribution in [-0.4, -0.2) is 10.1 Å². The normalized spacial score (nSPS) is 10.6. The summed E-state index contributed by atoms with van der Waals surface area (Å²) in [7, 11) is 0. The summed E-state index contributed by atoms with van der Waals surface area (Å²) in [6.45, 7) is 3.96. The molecule has 1 heterocycles. The zero-order valence-corrected chi connectivity index (χ0v) is 7.70. The van der Waals surface area contributed by atoms with Crippen molar-refractivity contribution < 1.29 is 5.11 Å². The first-order valence-electron chi connectivity index (χ1n) is 4.23. The lowest BCUT2D eigenvalue weighted by molar-refractivity contribution is 0.481. The number of phenols is 1. The first-order valence-corrected chi connectivity index (χ1v) is 4.23. The molecule has 0 amide bonds. The number of aromatic nitrogens is 1. The van der Waals surface area contributed by atoms with Crippen molar-refractivity contribution in [3.05, 3.63) is 35.5 Å². The Labute approximate surface area is 76.9 Å². The average Bonchev–Trinajstić information content (AvgIpc) is 2.12. The molecule has 0 bridgehead atoms. The van der Waals surface area contributed by atoms with Gasteiger partial charge in [-0.1, -0.05) is 6.07 Å². The van der Waals surface area contributed by atoms with Crippen molar-refractivity contribution in [2.45, 2.75) is 13.8 Å². The minimum absolute atomic E-state index is 0.303. The summed E-state index contributed by atoms with van der Waals surface area (Å²) in [5.74, 6) is 0.303. The molecule has 2 heteroatoms. The van der Waals surface area contributed by atoms with E-state index in [0.717, 1.165) is 22.0 Å². The fourth-order valence-corrected chi connectivity index (χ4v) is 1.45. The number of nitrogens with zero attached hydrogens (tertiary/aromatic N) is 1.